The second-order valence-electron chi connectivity index (χ2n) is 5.67. The largest absolute Gasteiger partial charge is 0.493 e. The maximum absolute atomic E-state index is 12.9. The molecule has 6 nitrogen and oxygen atoms in total. The second kappa shape index (κ2) is 8.45. The van der Waals surface area contributed by atoms with E-state index >= 15 is 0 Å². The van der Waals surface area contributed by atoms with Gasteiger partial charge in [0.1, 0.15) is 0 Å². The van der Waals surface area contributed by atoms with Gasteiger partial charge in [-0.25, -0.2) is 4.79 Å². The van der Waals surface area contributed by atoms with Crippen LogP contribution >= 0.6 is 24.0 Å². The normalized spacial score (nSPS) is 15.1. The van der Waals surface area contributed by atoms with Crippen LogP contribution in [0.4, 0.5) is 5.69 Å². The number of carbonyl (C=O) groups is 2. The van der Waals surface area contributed by atoms with Crippen LogP contribution in [0.5, 0.6) is 11.5 Å². The van der Waals surface area contributed by atoms with E-state index in [1.807, 2.05) is 6.07 Å². The summed E-state index contributed by atoms with van der Waals surface area (Å²) in [7, 11) is 4.43. The van der Waals surface area contributed by atoms with Gasteiger partial charge in [-0.05, 0) is 48.0 Å². The summed E-state index contributed by atoms with van der Waals surface area (Å²) in [5, 5.41) is 0. The quantitative estimate of drug-likeness (QED) is 0.417. The fraction of sp³-hybridized carbons (Fsp3) is 0.150. The van der Waals surface area contributed by atoms with E-state index in [2.05, 4.69) is 4.74 Å². The number of rotatable bonds is 5. The maximum atomic E-state index is 12.9. The standard InChI is InChI=1S/C20H17NO5S2/c1-24-15-9-4-12(10-16(15)25-2)11-17-18(22)21(20(27)28-17)14-7-5-13(6-8-14)19(23)26-3/h4-11H,1-3H3/b17-11-. The van der Waals surface area contributed by atoms with Crippen molar-refractivity contribution in [3.05, 3.63) is 58.5 Å². The summed E-state index contributed by atoms with van der Waals surface area (Å²) < 4.78 is 15.6. The first-order valence-electron chi connectivity index (χ1n) is 8.17. The number of esters is 1. The zero-order chi connectivity index (χ0) is 20.3. The Balaban J connectivity index is 1.87. The molecule has 8 heteroatoms. The Kier molecular flexibility index (Phi) is 6.01. The number of amides is 1. The molecule has 0 aliphatic carbocycles. The van der Waals surface area contributed by atoms with Gasteiger partial charge in [-0.15, -0.1) is 0 Å². The molecule has 28 heavy (non-hydrogen) atoms. The predicted molar refractivity (Wildman–Crippen MR) is 113 cm³/mol. The van der Waals surface area contributed by atoms with Crippen molar-refractivity contribution in [2.75, 3.05) is 26.2 Å². The Bertz CT molecular complexity index is 969. The van der Waals surface area contributed by atoms with Crippen LogP contribution in [0, 0.1) is 0 Å². The number of ether oxygens (including phenoxy) is 3. The van der Waals surface area contributed by atoms with E-state index < -0.39 is 5.97 Å². The van der Waals surface area contributed by atoms with Crippen molar-refractivity contribution in [1.82, 2.24) is 0 Å². The molecule has 0 aromatic heterocycles. The number of thiocarbonyl (C=S) groups is 1. The molecular formula is C20H17NO5S2. The van der Waals surface area contributed by atoms with Gasteiger partial charge in [-0.1, -0.05) is 30.0 Å². The molecule has 1 heterocycles. The number of thioether (sulfide) groups is 1. The zero-order valence-electron chi connectivity index (χ0n) is 15.4. The second-order valence-corrected chi connectivity index (χ2v) is 7.35. The van der Waals surface area contributed by atoms with E-state index in [0.29, 0.717) is 32.0 Å². The first-order chi connectivity index (χ1) is 13.5. The molecule has 0 unspecified atom stereocenters. The highest BCUT2D eigenvalue weighted by Crippen LogP contribution is 2.37. The van der Waals surface area contributed by atoms with Crippen molar-refractivity contribution in [2.45, 2.75) is 0 Å². The molecule has 0 atom stereocenters. The molecular weight excluding hydrogens is 398 g/mol. The van der Waals surface area contributed by atoms with Crippen LogP contribution in [0.3, 0.4) is 0 Å². The van der Waals surface area contributed by atoms with Gasteiger partial charge in [0, 0.05) is 0 Å². The summed E-state index contributed by atoms with van der Waals surface area (Å²) in [5.74, 6) is 0.518. The van der Waals surface area contributed by atoms with E-state index in [9.17, 15) is 9.59 Å². The van der Waals surface area contributed by atoms with Crippen molar-refractivity contribution < 1.29 is 23.8 Å². The molecule has 1 fully saturated rings. The number of hydrogen-bond acceptors (Lipinski definition) is 7. The zero-order valence-corrected chi connectivity index (χ0v) is 17.1. The Hall–Kier alpha value is -2.84. The molecule has 3 rings (SSSR count). The van der Waals surface area contributed by atoms with Crippen molar-refractivity contribution >= 4 is 51.9 Å². The van der Waals surface area contributed by atoms with Gasteiger partial charge in [0.25, 0.3) is 5.91 Å². The highest BCUT2D eigenvalue weighted by Gasteiger charge is 2.33. The van der Waals surface area contributed by atoms with Crippen molar-refractivity contribution in [3.63, 3.8) is 0 Å². The number of nitrogens with zero attached hydrogens (tertiary/aromatic N) is 1. The lowest BCUT2D eigenvalue weighted by Gasteiger charge is -2.14. The monoisotopic (exact) mass is 415 g/mol. The Labute approximate surface area is 172 Å². The SMILES string of the molecule is COC(=O)c1ccc(N2C(=O)/C(=C/c3ccc(OC)c(OC)c3)SC2=S)cc1. The molecule has 2 aromatic carbocycles. The van der Waals surface area contributed by atoms with Gasteiger partial charge >= 0.3 is 5.97 Å². The molecule has 1 amide bonds. The summed E-state index contributed by atoms with van der Waals surface area (Å²) >= 11 is 6.59. The first kappa shape index (κ1) is 19.9. The lowest BCUT2D eigenvalue weighted by molar-refractivity contribution is -0.113. The van der Waals surface area contributed by atoms with Crippen molar-refractivity contribution in [2.24, 2.45) is 0 Å². The van der Waals surface area contributed by atoms with E-state index in [0.717, 1.165) is 5.56 Å². The van der Waals surface area contributed by atoms with Crippen molar-refractivity contribution in [3.8, 4) is 11.5 Å². The van der Waals surface area contributed by atoms with Gasteiger partial charge in [0.05, 0.1) is 37.5 Å². The van der Waals surface area contributed by atoms with E-state index in [-0.39, 0.29) is 5.91 Å². The summed E-state index contributed by atoms with van der Waals surface area (Å²) in [6.07, 6.45) is 1.75. The summed E-state index contributed by atoms with van der Waals surface area (Å²) in [5.41, 5.74) is 1.78. The highest BCUT2D eigenvalue weighted by molar-refractivity contribution is 8.27. The third-order valence-electron chi connectivity index (χ3n) is 4.05. The van der Waals surface area contributed by atoms with E-state index in [1.54, 1.807) is 56.7 Å². The average molecular weight is 415 g/mol. The smallest absolute Gasteiger partial charge is 0.337 e. The van der Waals surface area contributed by atoms with Gasteiger partial charge in [-0.3, -0.25) is 9.69 Å². The number of benzene rings is 2. The number of hydrogen-bond donors (Lipinski definition) is 0. The Morgan fingerprint density at radius 2 is 1.71 bits per heavy atom. The molecule has 0 spiro atoms. The molecule has 1 saturated heterocycles. The molecule has 0 N–H and O–H groups in total. The fourth-order valence-corrected chi connectivity index (χ4v) is 3.95. The lowest BCUT2D eigenvalue weighted by atomic mass is 10.1. The van der Waals surface area contributed by atoms with Crippen LogP contribution in [0.25, 0.3) is 6.08 Å². The van der Waals surface area contributed by atoms with Crippen LogP contribution in [-0.4, -0.2) is 37.5 Å². The summed E-state index contributed by atoms with van der Waals surface area (Å²) in [6.45, 7) is 0. The third kappa shape index (κ3) is 3.88. The van der Waals surface area contributed by atoms with Crippen LogP contribution < -0.4 is 14.4 Å². The fourth-order valence-electron chi connectivity index (χ4n) is 2.65. The number of anilines is 1. The van der Waals surface area contributed by atoms with Gasteiger partial charge < -0.3 is 14.2 Å². The summed E-state index contributed by atoms with van der Waals surface area (Å²) in [4.78, 5) is 26.4. The van der Waals surface area contributed by atoms with Crippen LogP contribution in [0.1, 0.15) is 15.9 Å². The molecule has 0 saturated carbocycles. The topological polar surface area (TPSA) is 65.1 Å². The minimum atomic E-state index is -0.440. The van der Waals surface area contributed by atoms with Crippen LogP contribution in [0.2, 0.25) is 0 Å². The predicted octanol–water partition coefficient (Wildman–Crippen LogP) is 3.90. The third-order valence-corrected chi connectivity index (χ3v) is 5.35. The van der Waals surface area contributed by atoms with Gasteiger partial charge in [0.2, 0.25) is 0 Å². The highest BCUT2D eigenvalue weighted by atomic mass is 32.2. The van der Waals surface area contributed by atoms with E-state index in [1.165, 1.54) is 23.8 Å². The Morgan fingerprint density at radius 1 is 1.04 bits per heavy atom. The van der Waals surface area contributed by atoms with Gasteiger partial charge in [-0.2, -0.15) is 0 Å². The molecule has 1 aliphatic rings. The van der Waals surface area contributed by atoms with Crippen molar-refractivity contribution in [1.29, 1.82) is 0 Å². The average Bonchev–Trinajstić information content (AvgIpc) is 3.00. The van der Waals surface area contributed by atoms with Crippen LogP contribution in [0.15, 0.2) is 47.4 Å². The molecule has 2 aromatic rings. The maximum Gasteiger partial charge on any atom is 0.337 e. The molecule has 0 bridgehead atoms. The first-order valence-corrected chi connectivity index (χ1v) is 9.39. The minimum absolute atomic E-state index is 0.226. The van der Waals surface area contributed by atoms with Gasteiger partial charge in [0.15, 0.2) is 15.8 Å². The number of carbonyl (C=O) groups excluding carboxylic acids is 2. The Morgan fingerprint density at radius 3 is 2.32 bits per heavy atom. The van der Waals surface area contributed by atoms with Crippen LogP contribution in [-0.2, 0) is 9.53 Å². The molecule has 1 aliphatic heterocycles. The minimum Gasteiger partial charge on any atom is -0.493 e. The lowest BCUT2D eigenvalue weighted by Crippen LogP contribution is -2.27. The molecule has 0 radical (unpaired) electrons. The number of methoxy groups -OCH3 is 3. The van der Waals surface area contributed by atoms with E-state index in [4.69, 9.17) is 21.7 Å². The summed E-state index contributed by atoms with van der Waals surface area (Å²) in [6, 6.07) is 11.9. The molecule has 144 valence electrons.